The number of hydrogen-bond acceptors (Lipinski definition) is 5. The van der Waals surface area contributed by atoms with Gasteiger partial charge in [0, 0.05) is 13.0 Å². The summed E-state index contributed by atoms with van der Waals surface area (Å²) >= 11 is 0. The predicted molar refractivity (Wildman–Crippen MR) is 91.5 cm³/mol. The fraction of sp³-hybridized carbons (Fsp3) is 0.278. The van der Waals surface area contributed by atoms with Gasteiger partial charge in [-0.2, -0.15) is 0 Å². The van der Waals surface area contributed by atoms with Gasteiger partial charge >= 0.3 is 5.97 Å². The van der Waals surface area contributed by atoms with Crippen LogP contribution in [-0.2, 0) is 18.4 Å². The van der Waals surface area contributed by atoms with E-state index >= 15 is 0 Å². The number of nitrogens with zero attached hydrogens (tertiary/aromatic N) is 3. The SMILES string of the molecule is COc1cc([C@@H](CC(=O)O)c2cccc(CO)c2)cc2nnn(C)c12. The number of aliphatic hydroxyl groups is 1. The topological polar surface area (TPSA) is 97.5 Å². The Morgan fingerprint density at radius 2 is 2.08 bits per heavy atom. The van der Waals surface area contributed by atoms with Crippen LogP contribution in [0.15, 0.2) is 36.4 Å². The number of fused-ring (bicyclic) bond motifs is 1. The highest BCUT2D eigenvalue weighted by molar-refractivity contribution is 5.83. The maximum absolute atomic E-state index is 11.4. The summed E-state index contributed by atoms with van der Waals surface area (Å²) in [6, 6.07) is 11.0. The molecule has 1 heterocycles. The quantitative estimate of drug-likeness (QED) is 0.712. The van der Waals surface area contributed by atoms with Crippen LogP contribution in [0.4, 0.5) is 0 Å². The number of aromatic nitrogens is 3. The number of ether oxygens (including phenoxy) is 1. The molecule has 25 heavy (non-hydrogen) atoms. The van der Waals surface area contributed by atoms with Gasteiger partial charge in [-0.3, -0.25) is 4.79 Å². The van der Waals surface area contributed by atoms with Crippen molar-refractivity contribution in [3.8, 4) is 5.75 Å². The number of carboxylic acids is 1. The minimum absolute atomic E-state index is 0.0796. The van der Waals surface area contributed by atoms with Gasteiger partial charge in [0.05, 0.1) is 20.1 Å². The second-order valence-electron chi connectivity index (χ2n) is 5.86. The van der Waals surface area contributed by atoms with Crippen molar-refractivity contribution < 1.29 is 19.7 Å². The van der Waals surface area contributed by atoms with Gasteiger partial charge in [0.1, 0.15) is 16.8 Å². The van der Waals surface area contributed by atoms with Crippen LogP contribution in [0.2, 0.25) is 0 Å². The molecule has 1 atom stereocenters. The van der Waals surface area contributed by atoms with Gasteiger partial charge in [-0.15, -0.1) is 5.10 Å². The first-order valence-corrected chi connectivity index (χ1v) is 7.82. The Morgan fingerprint density at radius 3 is 2.76 bits per heavy atom. The molecule has 0 fully saturated rings. The Labute approximate surface area is 144 Å². The third-order valence-corrected chi connectivity index (χ3v) is 4.22. The van der Waals surface area contributed by atoms with Crippen molar-refractivity contribution in [2.75, 3.05) is 7.11 Å². The number of carbonyl (C=O) groups is 1. The van der Waals surface area contributed by atoms with Crippen LogP contribution >= 0.6 is 0 Å². The maximum Gasteiger partial charge on any atom is 0.304 e. The molecule has 0 unspecified atom stereocenters. The zero-order chi connectivity index (χ0) is 18.0. The summed E-state index contributed by atoms with van der Waals surface area (Å²) < 4.78 is 7.08. The predicted octanol–water partition coefficient (Wildman–Crippen LogP) is 2.08. The molecular weight excluding hydrogens is 322 g/mol. The van der Waals surface area contributed by atoms with Gasteiger partial charge in [0.2, 0.25) is 0 Å². The Morgan fingerprint density at radius 1 is 1.28 bits per heavy atom. The number of methoxy groups -OCH3 is 1. The number of hydrogen-bond donors (Lipinski definition) is 2. The summed E-state index contributed by atoms with van der Waals surface area (Å²) in [4.78, 5) is 11.4. The minimum atomic E-state index is -0.905. The maximum atomic E-state index is 11.4. The molecule has 0 spiro atoms. The lowest BCUT2D eigenvalue weighted by atomic mass is 9.87. The molecule has 0 saturated carbocycles. The van der Waals surface area contributed by atoms with Crippen LogP contribution in [0.3, 0.4) is 0 Å². The highest BCUT2D eigenvalue weighted by Gasteiger charge is 2.21. The van der Waals surface area contributed by atoms with Crippen molar-refractivity contribution in [3.63, 3.8) is 0 Å². The Hall–Kier alpha value is -2.93. The van der Waals surface area contributed by atoms with Gasteiger partial charge in [-0.1, -0.05) is 29.5 Å². The number of aliphatic hydroxyl groups excluding tert-OH is 1. The zero-order valence-electron chi connectivity index (χ0n) is 14.0. The number of aryl methyl sites for hydroxylation is 1. The molecule has 0 bridgehead atoms. The van der Waals surface area contributed by atoms with Crippen LogP contribution in [0, 0.1) is 0 Å². The van der Waals surface area contributed by atoms with Crippen LogP contribution in [0.5, 0.6) is 5.75 Å². The molecule has 7 heteroatoms. The van der Waals surface area contributed by atoms with E-state index in [4.69, 9.17) is 4.74 Å². The van der Waals surface area contributed by atoms with E-state index in [-0.39, 0.29) is 18.9 Å². The molecular formula is C18H19N3O4. The summed E-state index contributed by atoms with van der Waals surface area (Å²) in [5.41, 5.74) is 3.73. The summed E-state index contributed by atoms with van der Waals surface area (Å²) in [6.45, 7) is -0.0971. The average molecular weight is 341 g/mol. The molecule has 1 aromatic heterocycles. The Balaban J connectivity index is 2.15. The third kappa shape index (κ3) is 3.32. The third-order valence-electron chi connectivity index (χ3n) is 4.22. The van der Waals surface area contributed by atoms with Crippen molar-refractivity contribution in [1.82, 2.24) is 15.0 Å². The molecule has 0 aliphatic carbocycles. The molecule has 7 nitrogen and oxygen atoms in total. The smallest absolute Gasteiger partial charge is 0.304 e. The highest BCUT2D eigenvalue weighted by atomic mass is 16.5. The first kappa shape index (κ1) is 16.9. The number of rotatable bonds is 6. The lowest BCUT2D eigenvalue weighted by Gasteiger charge is -2.18. The molecule has 0 aliphatic heterocycles. The summed E-state index contributed by atoms with van der Waals surface area (Å²) in [7, 11) is 3.33. The van der Waals surface area contributed by atoms with Crippen molar-refractivity contribution in [2.45, 2.75) is 18.9 Å². The van der Waals surface area contributed by atoms with E-state index in [1.54, 1.807) is 24.9 Å². The summed E-state index contributed by atoms with van der Waals surface area (Å²) in [6.07, 6.45) is -0.0796. The van der Waals surface area contributed by atoms with Crippen LogP contribution in [-0.4, -0.2) is 38.3 Å². The van der Waals surface area contributed by atoms with E-state index in [1.807, 2.05) is 30.3 Å². The van der Waals surface area contributed by atoms with E-state index in [2.05, 4.69) is 10.3 Å². The number of benzene rings is 2. The molecule has 3 aromatic rings. The molecule has 2 aromatic carbocycles. The molecule has 0 aliphatic rings. The molecule has 0 saturated heterocycles. The Kier molecular flexibility index (Phi) is 4.67. The van der Waals surface area contributed by atoms with E-state index in [0.29, 0.717) is 11.3 Å². The van der Waals surface area contributed by atoms with Crippen molar-refractivity contribution >= 4 is 17.0 Å². The van der Waals surface area contributed by atoms with E-state index in [9.17, 15) is 15.0 Å². The summed E-state index contributed by atoms with van der Waals surface area (Å²) in [5, 5.41) is 26.9. The highest BCUT2D eigenvalue weighted by Crippen LogP contribution is 2.34. The number of carboxylic acid groups (broad SMARTS) is 1. The van der Waals surface area contributed by atoms with Gasteiger partial charge in [0.15, 0.2) is 0 Å². The second-order valence-corrected chi connectivity index (χ2v) is 5.86. The van der Waals surface area contributed by atoms with Crippen molar-refractivity contribution in [3.05, 3.63) is 53.1 Å². The normalized spacial score (nSPS) is 12.3. The minimum Gasteiger partial charge on any atom is -0.494 e. The first-order valence-electron chi connectivity index (χ1n) is 7.82. The first-order chi connectivity index (χ1) is 12.0. The standard InChI is InChI=1S/C18H19N3O4/c1-21-18-15(19-20-21)7-13(8-16(18)25-2)14(9-17(23)24)12-5-3-4-11(6-12)10-22/h3-8,14,22H,9-10H2,1-2H3,(H,23,24)/t14-/m0/s1. The van der Waals surface area contributed by atoms with Gasteiger partial charge in [-0.25, -0.2) is 4.68 Å². The van der Waals surface area contributed by atoms with Crippen molar-refractivity contribution in [1.29, 1.82) is 0 Å². The molecule has 3 rings (SSSR count). The largest absolute Gasteiger partial charge is 0.494 e. The fourth-order valence-corrected chi connectivity index (χ4v) is 3.04. The average Bonchev–Trinajstić information content (AvgIpc) is 3.00. The number of aliphatic carboxylic acids is 1. The van der Waals surface area contributed by atoms with Gasteiger partial charge in [0.25, 0.3) is 0 Å². The summed E-state index contributed by atoms with van der Waals surface area (Å²) in [5.74, 6) is -0.699. The molecule has 2 N–H and O–H groups in total. The van der Waals surface area contributed by atoms with E-state index < -0.39 is 5.97 Å². The molecule has 0 radical (unpaired) electrons. The van der Waals surface area contributed by atoms with Crippen LogP contribution < -0.4 is 4.74 Å². The zero-order valence-corrected chi connectivity index (χ0v) is 14.0. The monoisotopic (exact) mass is 341 g/mol. The second kappa shape index (κ2) is 6.90. The van der Waals surface area contributed by atoms with Crippen LogP contribution in [0.1, 0.15) is 29.0 Å². The lowest BCUT2D eigenvalue weighted by Crippen LogP contribution is -2.09. The Bertz CT molecular complexity index is 920. The molecule has 0 amide bonds. The van der Waals surface area contributed by atoms with Gasteiger partial charge < -0.3 is 14.9 Å². The van der Waals surface area contributed by atoms with Gasteiger partial charge in [-0.05, 0) is 28.8 Å². The lowest BCUT2D eigenvalue weighted by molar-refractivity contribution is -0.137. The molecule has 130 valence electrons. The van der Waals surface area contributed by atoms with E-state index in [0.717, 1.165) is 22.2 Å². The van der Waals surface area contributed by atoms with E-state index in [1.165, 1.54) is 0 Å². The van der Waals surface area contributed by atoms with Crippen molar-refractivity contribution in [2.24, 2.45) is 7.05 Å². The fourth-order valence-electron chi connectivity index (χ4n) is 3.04. The van der Waals surface area contributed by atoms with Crippen LogP contribution in [0.25, 0.3) is 11.0 Å².